The molecule has 0 aliphatic heterocycles. The van der Waals surface area contributed by atoms with Crippen LogP contribution in [-0.2, 0) is 0 Å². The molecule has 0 radical (unpaired) electrons. The molecule has 0 saturated carbocycles. The molecule has 0 fully saturated rings. The zero-order chi connectivity index (χ0) is 9.78. The van der Waals surface area contributed by atoms with Crippen molar-refractivity contribution in [3.05, 3.63) is 12.3 Å². The van der Waals surface area contributed by atoms with Gasteiger partial charge >= 0.3 is 0 Å². The SMILES string of the molecule is CCCCCCCCC=CNCC.Cl. The topological polar surface area (TPSA) is 12.0 Å². The molecule has 0 aromatic heterocycles. The van der Waals surface area contributed by atoms with Crippen LogP contribution in [0, 0.1) is 0 Å². The molecule has 0 aromatic rings. The second-order valence-electron chi connectivity index (χ2n) is 3.52. The molecule has 0 unspecified atom stereocenters. The van der Waals surface area contributed by atoms with E-state index in [1.807, 2.05) is 0 Å². The van der Waals surface area contributed by atoms with E-state index < -0.39 is 0 Å². The maximum Gasteiger partial charge on any atom is 0.0112 e. The van der Waals surface area contributed by atoms with Crippen LogP contribution >= 0.6 is 12.4 Å². The molecule has 0 saturated heterocycles. The van der Waals surface area contributed by atoms with Gasteiger partial charge in [-0.15, -0.1) is 12.4 Å². The van der Waals surface area contributed by atoms with Crippen molar-refractivity contribution in [3.63, 3.8) is 0 Å². The van der Waals surface area contributed by atoms with Crippen molar-refractivity contribution in [2.45, 2.75) is 58.8 Å². The number of hydrogen-bond donors (Lipinski definition) is 1. The van der Waals surface area contributed by atoms with Gasteiger partial charge in [-0.1, -0.05) is 45.1 Å². The monoisotopic (exact) mass is 219 g/mol. The minimum absolute atomic E-state index is 0. The van der Waals surface area contributed by atoms with Crippen molar-refractivity contribution < 1.29 is 0 Å². The van der Waals surface area contributed by atoms with E-state index in [2.05, 4.69) is 31.4 Å². The summed E-state index contributed by atoms with van der Waals surface area (Å²) in [6, 6.07) is 0. The van der Waals surface area contributed by atoms with E-state index in [9.17, 15) is 0 Å². The van der Waals surface area contributed by atoms with Crippen LogP contribution in [0.5, 0.6) is 0 Å². The first-order valence-electron chi connectivity index (χ1n) is 5.80. The lowest BCUT2D eigenvalue weighted by molar-refractivity contribution is 0.611. The summed E-state index contributed by atoms with van der Waals surface area (Å²) in [7, 11) is 0. The lowest BCUT2D eigenvalue weighted by Crippen LogP contribution is -2.01. The van der Waals surface area contributed by atoms with Crippen molar-refractivity contribution in [2.75, 3.05) is 6.54 Å². The molecule has 0 spiro atoms. The van der Waals surface area contributed by atoms with E-state index in [1.165, 1.54) is 44.9 Å². The van der Waals surface area contributed by atoms with Gasteiger partial charge in [0.15, 0.2) is 0 Å². The normalized spacial score (nSPS) is 10.1. The molecule has 86 valence electrons. The molecule has 14 heavy (non-hydrogen) atoms. The van der Waals surface area contributed by atoms with Crippen molar-refractivity contribution in [3.8, 4) is 0 Å². The summed E-state index contributed by atoms with van der Waals surface area (Å²) in [4.78, 5) is 0. The fraction of sp³-hybridized carbons (Fsp3) is 0.833. The van der Waals surface area contributed by atoms with Crippen LogP contribution in [0.15, 0.2) is 12.3 Å². The molecule has 0 rings (SSSR count). The highest BCUT2D eigenvalue weighted by atomic mass is 35.5. The number of allylic oxidation sites excluding steroid dienone is 1. The summed E-state index contributed by atoms with van der Waals surface area (Å²) >= 11 is 0. The second kappa shape index (κ2) is 15.3. The second-order valence-corrected chi connectivity index (χ2v) is 3.52. The van der Waals surface area contributed by atoms with E-state index in [0.29, 0.717) is 0 Å². The van der Waals surface area contributed by atoms with Gasteiger partial charge in [-0.25, -0.2) is 0 Å². The summed E-state index contributed by atoms with van der Waals surface area (Å²) in [5, 5.41) is 3.18. The van der Waals surface area contributed by atoms with E-state index in [4.69, 9.17) is 0 Å². The molecular formula is C12H26ClN. The van der Waals surface area contributed by atoms with Crippen molar-refractivity contribution >= 4 is 12.4 Å². The number of unbranched alkanes of at least 4 members (excludes halogenated alkanes) is 6. The average Bonchev–Trinajstić information content (AvgIpc) is 2.16. The molecule has 1 N–H and O–H groups in total. The van der Waals surface area contributed by atoms with Crippen LogP contribution in [0.4, 0.5) is 0 Å². The van der Waals surface area contributed by atoms with Gasteiger partial charge in [-0.3, -0.25) is 0 Å². The lowest BCUT2D eigenvalue weighted by Gasteiger charge is -1.97. The van der Waals surface area contributed by atoms with Gasteiger partial charge in [0, 0.05) is 6.54 Å². The molecule has 0 bridgehead atoms. The minimum atomic E-state index is 0. The first kappa shape index (κ1) is 16.3. The first-order chi connectivity index (χ1) is 6.41. The predicted molar refractivity (Wildman–Crippen MR) is 68.1 cm³/mol. The van der Waals surface area contributed by atoms with Crippen LogP contribution in [0.25, 0.3) is 0 Å². The van der Waals surface area contributed by atoms with Gasteiger partial charge in [0.2, 0.25) is 0 Å². The smallest absolute Gasteiger partial charge is 0.0112 e. The van der Waals surface area contributed by atoms with Crippen molar-refractivity contribution in [2.24, 2.45) is 0 Å². The maximum absolute atomic E-state index is 3.18. The summed E-state index contributed by atoms with van der Waals surface area (Å²) in [5.41, 5.74) is 0. The van der Waals surface area contributed by atoms with Crippen LogP contribution in [0.3, 0.4) is 0 Å². The largest absolute Gasteiger partial charge is 0.391 e. The number of nitrogens with one attached hydrogen (secondary N) is 1. The Labute approximate surface area is 95.8 Å². The molecule has 0 aliphatic carbocycles. The first-order valence-corrected chi connectivity index (χ1v) is 5.80. The summed E-state index contributed by atoms with van der Waals surface area (Å²) in [6.07, 6.45) is 13.9. The highest BCUT2D eigenvalue weighted by molar-refractivity contribution is 5.85. The third kappa shape index (κ3) is 14.4. The van der Waals surface area contributed by atoms with Crippen LogP contribution in [-0.4, -0.2) is 6.54 Å². The summed E-state index contributed by atoms with van der Waals surface area (Å²) < 4.78 is 0. The van der Waals surface area contributed by atoms with Gasteiger partial charge in [-0.2, -0.15) is 0 Å². The van der Waals surface area contributed by atoms with E-state index in [1.54, 1.807) is 0 Å². The minimum Gasteiger partial charge on any atom is -0.391 e. The number of halogens is 1. The molecule has 0 heterocycles. The van der Waals surface area contributed by atoms with E-state index in [-0.39, 0.29) is 12.4 Å². The number of hydrogen-bond acceptors (Lipinski definition) is 1. The maximum atomic E-state index is 3.18. The van der Waals surface area contributed by atoms with E-state index >= 15 is 0 Å². The molecule has 2 heteroatoms. The Morgan fingerprint density at radius 1 is 0.929 bits per heavy atom. The van der Waals surface area contributed by atoms with Gasteiger partial charge in [-0.05, 0) is 26.0 Å². The highest BCUT2D eigenvalue weighted by Gasteiger charge is 1.87. The zero-order valence-electron chi connectivity index (χ0n) is 9.72. The van der Waals surface area contributed by atoms with Gasteiger partial charge in [0.1, 0.15) is 0 Å². The Balaban J connectivity index is 0. The van der Waals surface area contributed by atoms with Crippen molar-refractivity contribution in [1.29, 1.82) is 0 Å². The Morgan fingerprint density at radius 3 is 2.21 bits per heavy atom. The summed E-state index contributed by atoms with van der Waals surface area (Å²) in [6.45, 7) is 5.42. The highest BCUT2D eigenvalue weighted by Crippen LogP contribution is 2.06. The van der Waals surface area contributed by atoms with Gasteiger partial charge in [0.05, 0.1) is 0 Å². The Bertz CT molecular complexity index is 113. The standard InChI is InChI=1S/C12H25N.ClH/c1-3-5-6-7-8-9-10-11-12-13-4-2;/h11-13H,3-10H2,1-2H3;1H. The predicted octanol–water partition coefficient (Wildman–Crippen LogP) is 4.28. The molecule has 0 aromatic carbocycles. The van der Waals surface area contributed by atoms with Crippen LogP contribution < -0.4 is 5.32 Å². The molecule has 0 amide bonds. The summed E-state index contributed by atoms with van der Waals surface area (Å²) in [5.74, 6) is 0. The third-order valence-corrected chi connectivity index (χ3v) is 2.16. The Hall–Kier alpha value is -0.170. The molecule has 1 nitrogen and oxygen atoms in total. The molecule has 0 atom stereocenters. The average molecular weight is 220 g/mol. The fourth-order valence-electron chi connectivity index (χ4n) is 1.33. The van der Waals surface area contributed by atoms with Crippen LogP contribution in [0.2, 0.25) is 0 Å². The van der Waals surface area contributed by atoms with E-state index in [0.717, 1.165) is 6.54 Å². The van der Waals surface area contributed by atoms with Crippen molar-refractivity contribution in [1.82, 2.24) is 5.32 Å². The Kier molecular flexibility index (Phi) is 17.8. The van der Waals surface area contributed by atoms with Gasteiger partial charge < -0.3 is 5.32 Å². The fourth-order valence-corrected chi connectivity index (χ4v) is 1.33. The quantitative estimate of drug-likeness (QED) is 0.571. The third-order valence-electron chi connectivity index (χ3n) is 2.16. The Morgan fingerprint density at radius 2 is 1.57 bits per heavy atom. The molecular weight excluding hydrogens is 194 g/mol. The molecule has 0 aliphatic rings. The number of rotatable bonds is 9. The van der Waals surface area contributed by atoms with Crippen LogP contribution in [0.1, 0.15) is 58.8 Å². The zero-order valence-corrected chi connectivity index (χ0v) is 10.5. The lowest BCUT2D eigenvalue weighted by atomic mass is 10.1. The van der Waals surface area contributed by atoms with Gasteiger partial charge in [0.25, 0.3) is 0 Å².